The van der Waals surface area contributed by atoms with E-state index < -0.39 is 0 Å². The average molecular weight is 205 g/mol. The van der Waals surface area contributed by atoms with Gasteiger partial charge in [0.1, 0.15) is 0 Å². The Balaban J connectivity index is 3.03. The van der Waals surface area contributed by atoms with Gasteiger partial charge in [-0.2, -0.15) is 11.8 Å². The van der Waals surface area contributed by atoms with E-state index in [1.807, 2.05) is 11.8 Å². The summed E-state index contributed by atoms with van der Waals surface area (Å²) in [6.45, 7) is 5.89. The van der Waals surface area contributed by atoms with Gasteiger partial charge in [0.2, 0.25) is 0 Å². The third-order valence-electron chi connectivity index (χ3n) is 1.88. The molecule has 3 heteroatoms. The highest BCUT2D eigenvalue weighted by Crippen LogP contribution is 2.06. The molecule has 0 aliphatic heterocycles. The minimum atomic E-state index is 0.330. The number of aliphatic hydroxyl groups excluding tert-OH is 1. The summed E-state index contributed by atoms with van der Waals surface area (Å²) in [5.74, 6) is 2.30. The molecule has 0 heterocycles. The molecule has 0 saturated carbocycles. The van der Waals surface area contributed by atoms with E-state index in [0.29, 0.717) is 12.6 Å². The molecule has 0 radical (unpaired) electrons. The third kappa shape index (κ3) is 10.2. The van der Waals surface area contributed by atoms with E-state index in [1.165, 1.54) is 18.6 Å². The first-order chi connectivity index (χ1) is 6.31. The molecule has 0 fully saturated rings. The van der Waals surface area contributed by atoms with Crippen molar-refractivity contribution < 1.29 is 5.11 Å². The summed E-state index contributed by atoms with van der Waals surface area (Å²) in [4.78, 5) is 0. The maximum Gasteiger partial charge on any atom is 0.0438 e. The van der Waals surface area contributed by atoms with Crippen LogP contribution in [-0.4, -0.2) is 35.8 Å². The molecular weight excluding hydrogens is 182 g/mol. The van der Waals surface area contributed by atoms with Crippen LogP contribution in [0.25, 0.3) is 0 Å². The van der Waals surface area contributed by atoms with Gasteiger partial charge in [0.25, 0.3) is 0 Å². The van der Waals surface area contributed by atoms with E-state index in [4.69, 9.17) is 5.11 Å². The van der Waals surface area contributed by atoms with Crippen LogP contribution in [0, 0.1) is 0 Å². The SMILES string of the molecule is CCCNC(C)CCSCCCO. The molecule has 0 bridgehead atoms. The number of nitrogens with one attached hydrogen (secondary N) is 1. The summed E-state index contributed by atoms with van der Waals surface area (Å²) in [7, 11) is 0. The van der Waals surface area contributed by atoms with Gasteiger partial charge in [-0.15, -0.1) is 0 Å². The molecule has 1 unspecified atom stereocenters. The summed E-state index contributed by atoms with van der Waals surface area (Å²) in [6.07, 6.45) is 3.37. The molecule has 0 aliphatic rings. The summed E-state index contributed by atoms with van der Waals surface area (Å²) in [5.41, 5.74) is 0. The van der Waals surface area contributed by atoms with Crippen molar-refractivity contribution in [2.24, 2.45) is 0 Å². The number of aliphatic hydroxyl groups is 1. The van der Waals surface area contributed by atoms with Gasteiger partial charge in [0.15, 0.2) is 0 Å². The summed E-state index contributed by atoms with van der Waals surface area (Å²) in [6, 6.07) is 0.640. The van der Waals surface area contributed by atoms with E-state index >= 15 is 0 Å². The number of thioether (sulfide) groups is 1. The molecule has 2 nitrogen and oxygen atoms in total. The second-order valence-corrected chi connectivity index (χ2v) is 4.56. The fraction of sp³-hybridized carbons (Fsp3) is 1.00. The summed E-state index contributed by atoms with van der Waals surface area (Å²) >= 11 is 1.94. The van der Waals surface area contributed by atoms with E-state index in [1.54, 1.807) is 0 Å². The van der Waals surface area contributed by atoms with Gasteiger partial charge in [0.05, 0.1) is 0 Å². The molecule has 2 N–H and O–H groups in total. The zero-order valence-corrected chi connectivity index (χ0v) is 9.70. The first-order valence-corrected chi connectivity index (χ1v) is 6.38. The van der Waals surface area contributed by atoms with Crippen LogP contribution in [0.4, 0.5) is 0 Å². The lowest BCUT2D eigenvalue weighted by Crippen LogP contribution is -2.27. The van der Waals surface area contributed by atoms with Crippen LogP contribution in [0.2, 0.25) is 0 Å². The van der Waals surface area contributed by atoms with Crippen molar-refractivity contribution in [2.75, 3.05) is 24.7 Å². The van der Waals surface area contributed by atoms with Gasteiger partial charge in [-0.25, -0.2) is 0 Å². The highest BCUT2D eigenvalue weighted by Gasteiger charge is 1.99. The summed E-state index contributed by atoms with van der Waals surface area (Å²) in [5, 5.41) is 12.0. The van der Waals surface area contributed by atoms with Crippen molar-refractivity contribution >= 4 is 11.8 Å². The Morgan fingerprint density at radius 3 is 2.77 bits per heavy atom. The molecule has 0 saturated heterocycles. The Hall–Kier alpha value is 0.270. The van der Waals surface area contributed by atoms with Gasteiger partial charge in [-0.05, 0) is 44.2 Å². The molecule has 0 amide bonds. The van der Waals surface area contributed by atoms with Crippen molar-refractivity contribution in [3.63, 3.8) is 0 Å². The fourth-order valence-electron chi connectivity index (χ4n) is 1.02. The maximum atomic E-state index is 8.57. The molecule has 13 heavy (non-hydrogen) atoms. The normalized spacial score (nSPS) is 13.2. The van der Waals surface area contributed by atoms with Crippen LogP contribution in [-0.2, 0) is 0 Å². The zero-order valence-electron chi connectivity index (χ0n) is 8.88. The van der Waals surface area contributed by atoms with Crippen LogP contribution < -0.4 is 5.32 Å². The minimum Gasteiger partial charge on any atom is -0.396 e. The van der Waals surface area contributed by atoms with Crippen molar-refractivity contribution in [1.82, 2.24) is 5.32 Å². The van der Waals surface area contributed by atoms with E-state index in [9.17, 15) is 0 Å². The second-order valence-electron chi connectivity index (χ2n) is 3.33. The molecule has 0 rings (SSSR count). The first-order valence-electron chi connectivity index (χ1n) is 5.23. The highest BCUT2D eigenvalue weighted by molar-refractivity contribution is 7.99. The highest BCUT2D eigenvalue weighted by atomic mass is 32.2. The van der Waals surface area contributed by atoms with Gasteiger partial charge >= 0.3 is 0 Å². The minimum absolute atomic E-state index is 0.330. The lowest BCUT2D eigenvalue weighted by Gasteiger charge is -2.12. The Kier molecular flexibility index (Phi) is 10.6. The molecule has 0 spiro atoms. The number of hydrogen-bond acceptors (Lipinski definition) is 3. The molecule has 0 aromatic rings. The molecule has 0 aromatic carbocycles. The monoisotopic (exact) mass is 205 g/mol. The van der Waals surface area contributed by atoms with E-state index in [2.05, 4.69) is 19.2 Å². The van der Waals surface area contributed by atoms with Gasteiger partial charge in [-0.1, -0.05) is 6.92 Å². The van der Waals surface area contributed by atoms with Crippen molar-refractivity contribution in [3.8, 4) is 0 Å². The molecule has 80 valence electrons. The number of hydrogen-bond donors (Lipinski definition) is 2. The predicted molar refractivity (Wildman–Crippen MR) is 61.4 cm³/mol. The topological polar surface area (TPSA) is 32.3 Å². The van der Waals surface area contributed by atoms with Gasteiger partial charge in [0, 0.05) is 12.6 Å². The van der Waals surface area contributed by atoms with Crippen molar-refractivity contribution in [1.29, 1.82) is 0 Å². The largest absolute Gasteiger partial charge is 0.396 e. The summed E-state index contributed by atoms with van der Waals surface area (Å²) < 4.78 is 0. The van der Waals surface area contributed by atoms with E-state index in [0.717, 1.165) is 18.7 Å². The Labute approximate surface area is 86.5 Å². The second kappa shape index (κ2) is 10.4. The van der Waals surface area contributed by atoms with Crippen LogP contribution in [0.3, 0.4) is 0 Å². The van der Waals surface area contributed by atoms with Gasteiger partial charge < -0.3 is 10.4 Å². The van der Waals surface area contributed by atoms with Crippen LogP contribution in [0.1, 0.15) is 33.1 Å². The average Bonchev–Trinajstić information content (AvgIpc) is 2.14. The third-order valence-corrected chi connectivity index (χ3v) is 2.99. The predicted octanol–water partition coefficient (Wildman–Crippen LogP) is 1.88. The van der Waals surface area contributed by atoms with Crippen LogP contribution >= 0.6 is 11.8 Å². The van der Waals surface area contributed by atoms with Gasteiger partial charge in [-0.3, -0.25) is 0 Å². The standard InChI is InChI=1S/C10H23NOS/c1-3-6-11-10(2)5-9-13-8-4-7-12/h10-12H,3-9H2,1-2H3. The van der Waals surface area contributed by atoms with Crippen LogP contribution in [0.5, 0.6) is 0 Å². The Morgan fingerprint density at radius 1 is 1.38 bits per heavy atom. The fourth-order valence-corrected chi connectivity index (χ4v) is 2.08. The molecule has 0 aliphatic carbocycles. The van der Waals surface area contributed by atoms with Crippen LogP contribution in [0.15, 0.2) is 0 Å². The Morgan fingerprint density at radius 2 is 2.15 bits per heavy atom. The lowest BCUT2D eigenvalue weighted by atomic mass is 10.2. The zero-order chi connectivity index (χ0) is 9.94. The van der Waals surface area contributed by atoms with E-state index in [-0.39, 0.29) is 0 Å². The lowest BCUT2D eigenvalue weighted by molar-refractivity contribution is 0.296. The number of rotatable bonds is 9. The Bertz CT molecular complexity index is 101. The van der Waals surface area contributed by atoms with Crippen molar-refractivity contribution in [2.45, 2.75) is 39.2 Å². The molecule has 1 atom stereocenters. The maximum absolute atomic E-state index is 8.57. The quantitative estimate of drug-likeness (QED) is 0.564. The molecular formula is C10H23NOS. The van der Waals surface area contributed by atoms with Crippen molar-refractivity contribution in [3.05, 3.63) is 0 Å². The first kappa shape index (κ1) is 13.3. The molecule has 0 aromatic heterocycles. The smallest absolute Gasteiger partial charge is 0.0438 e.